The molecule has 0 amide bonds. The summed E-state index contributed by atoms with van der Waals surface area (Å²) >= 11 is 0. The van der Waals surface area contributed by atoms with Gasteiger partial charge in [0.05, 0.1) is 27.2 Å². The average molecular weight is 525 g/mol. The Balaban J connectivity index is -0.000000183. The van der Waals surface area contributed by atoms with Gasteiger partial charge in [-0.1, -0.05) is 72.1 Å². The van der Waals surface area contributed by atoms with E-state index in [0.717, 1.165) is 0 Å². The maximum Gasteiger partial charge on any atom is 0.466 e. The van der Waals surface area contributed by atoms with Gasteiger partial charge in [-0.3, -0.25) is 4.57 Å². The first-order valence-corrected chi connectivity index (χ1v) is 15.0. The summed E-state index contributed by atoms with van der Waals surface area (Å²) in [5.41, 5.74) is 0. The Morgan fingerprint density at radius 1 is 0.667 bits per heavy atom. The molecule has 0 radical (unpaired) electrons. The maximum atomic E-state index is 8.88. The molecule has 0 unspecified atom stereocenters. The van der Waals surface area contributed by atoms with Crippen LogP contribution in [0.3, 0.4) is 0 Å². The standard InChI is InChI=1S/C11H25N.C10H24N.2H3O4P/c1-4-5-6-7-8-9-10-11-12(2)3;1-5-7-9-11(3,4)10-8-6-2;2*1-5(2,3)4/h4-11H2,1-3H3;5-10H2,1-4H3;2*(H3,1,2,3,4)/q;+1;;/p-1. The average Bonchev–Trinajstić information content (AvgIpc) is 2.62. The lowest BCUT2D eigenvalue weighted by atomic mass is 10.1. The lowest BCUT2D eigenvalue weighted by molar-refractivity contribution is -0.890. The van der Waals surface area contributed by atoms with Gasteiger partial charge in [-0.05, 0) is 39.9 Å². The molecule has 0 aromatic rings. The quantitative estimate of drug-likeness (QED) is 0.130. The van der Waals surface area contributed by atoms with Crippen LogP contribution in [-0.2, 0) is 9.13 Å². The number of nitrogens with zero attached hydrogens (tertiary/aromatic N) is 2. The van der Waals surface area contributed by atoms with E-state index in [1.54, 1.807) is 0 Å². The Hall–Kier alpha value is 0.140. The van der Waals surface area contributed by atoms with Crippen molar-refractivity contribution in [1.82, 2.24) is 4.90 Å². The molecule has 0 aromatic heterocycles. The van der Waals surface area contributed by atoms with Crippen LogP contribution >= 0.6 is 15.6 Å². The van der Waals surface area contributed by atoms with E-state index in [9.17, 15) is 0 Å². The van der Waals surface area contributed by atoms with Crippen LogP contribution in [0.4, 0.5) is 0 Å². The van der Waals surface area contributed by atoms with Crippen molar-refractivity contribution in [1.29, 1.82) is 0 Å². The molecular formula is C21H54N2O8P2. The monoisotopic (exact) mass is 524 g/mol. The lowest BCUT2D eigenvalue weighted by Crippen LogP contribution is -2.41. The number of quaternary nitrogens is 1. The van der Waals surface area contributed by atoms with E-state index in [1.807, 2.05) is 0 Å². The third kappa shape index (κ3) is 79.7. The first-order valence-electron chi connectivity index (χ1n) is 11.9. The third-order valence-electron chi connectivity index (χ3n) is 4.44. The number of phosphoric acid groups is 2. The number of unbranched alkanes of at least 4 members (excludes halogenated alkanes) is 8. The zero-order chi connectivity index (χ0) is 27.0. The molecule has 0 aromatic carbocycles. The van der Waals surface area contributed by atoms with E-state index < -0.39 is 15.6 Å². The van der Waals surface area contributed by atoms with Crippen molar-refractivity contribution >= 4 is 15.6 Å². The SMILES string of the molecule is CCCCCCCCCN(C)C.CCCC[N+](C)(C)CCCC.O=P(O)(O)O.O=P([O-])(O)O. The summed E-state index contributed by atoms with van der Waals surface area (Å²) in [5.74, 6) is 0. The molecule has 10 nitrogen and oxygen atoms in total. The minimum Gasteiger partial charge on any atom is -0.756 e. The van der Waals surface area contributed by atoms with Gasteiger partial charge in [0.2, 0.25) is 0 Å². The van der Waals surface area contributed by atoms with Crippen molar-refractivity contribution in [2.24, 2.45) is 0 Å². The molecule has 0 spiro atoms. The highest BCUT2D eigenvalue weighted by molar-refractivity contribution is 7.45. The summed E-state index contributed by atoms with van der Waals surface area (Å²) in [4.78, 5) is 46.8. The number of hydrogen-bond donors (Lipinski definition) is 5. The molecule has 5 N–H and O–H groups in total. The Kier molecular flexibility index (Phi) is 30.8. The summed E-state index contributed by atoms with van der Waals surface area (Å²) in [7, 11) is -0.551. The van der Waals surface area contributed by atoms with Crippen LogP contribution in [0.5, 0.6) is 0 Å². The normalized spacial score (nSPS) is 11.6. The molecule has 0 aliphatic carbocycles. The van der Waals surface area contributed by atoms with Crippen LogP contribution in [0.25, 0.3) is 0 Å². The van der Waals surface area contributed by atoms with Gasteiger partial charge < -0.3 is 38.7 Å². The molecule has 33 heavy (non-hydrogen) atoms. The molecule has 206 valence electrons. The van der Waals surface area contributed by atoms with Gasteiger partial charge in [0.15, 0.2) is 0 Å². The Morgan fingerprint density at radius 2 is 0.939 bits per heavy atom. The molecule has 0 rings (SSSR count). The smallest absolute Gasteiger partial charge is 0.466 e. The topological polar surface area (TPSA) is 162 Å². The summed E-state index contributed by atoms with van der Waals surface area (Å²) in [6.07, 6.45) is 15.3. The van der Waals surface area contributed by atoms with Crippen molar-refractivity contribution < 1.29 is 43.0 Å². The van der Waals surface area contributed by atoms with Crippen LogP contribution in [0.2, 0.25) is 0 Å². The molecule has 0 bridgehead atoms. The highest BCUT2D eigenvalue weighted by atomic mass is 31.2. The third-order valence-corrected chi connectivity index (χ3v) is 4.44. The van der Waals surface area contributed by atoms with Gasteiger partial charge in [-0.15, -0.1) is 0 Å². The molecule has 0 saturated heterocycles. The number of hydrogen-bond acceptors (Lipinski definition) is 4. The van der Waals surface area contributed by atoms with Crippen molar-refractivity contribution in [3.05, 3.63) is 0 Å². The van der Waals surface area contributed by atoms with E-state index in [-0.39, 0.29) is 0 Å². The molecular weight excluding hydrogens is 470 g/mol. The molecule has 12 heteroatoms. The second kappa shape index (κ2) is 25.2. The van der Waals surface area contributed by atoms with Crippen molar-refractivity contribution in [2.45, 2.75) is 91.4 Å². The van der Waals surface area contributed by atoms with Crippen LogP contribution in [-0.4, -0.2) is 81.7 Å². The van der Waals surface area contributed by atoms with Crippen LogP contribution in [0.1, 0.15) is 91.4 Å². The fourth-order valence-corrected chi connectivity index (χ4v) is 2.67. The molecule has 0 heterocycles. The summed E-state index contributed by atoms with van der Waals surface area (Å²) in [6.45, 7) is 10.7. The van der Waals surface area contributed by atoms with Gasteiger partial charge in [0, 0.05) is 0 Å². The zero-order valence-corrected chi connectivity index (χ0v) is 23.9. The summed E-state index contributed by atoms with van der Waals surface area (Å²) in [6, 6.07) is 0. The minimum absolute atomic E-state index is 1.21. The Bertz CT molecular complexity index is 436. The van der Waals surface area contributed by atoms with E-state index in [2.05, 4.69) is 53.9 Å². The van der Waals surface area contributed by atoms with E-state index >= 15 is 0 Å². The largest absolute Gasteiger partial charge is 0.756 e. The number of rotatable bonds is 14. The van der Waals surface area contributed by atoms with Crippen LogP contribution in [0.15, 0.2) is 0 Å². The van der Waals surface area contributed by atoms with Crippen LogP contribution in [0, 0.1) is 0 Å². The summed E-state index contributed by atoms with van der Waals surface area (Å²) < 4.78 is 18.9. The van der Waals surface area contributed by atoms with Gasteiger partial charge in [-0.2, -0.15) is 0 Å². The molecule has 0 aliphatic rings. The highest BCUT2D eigenvalue weighted by Crippen LogP contribution is 2.25. The molecule has 0 fully saturated rings. The molecule has 0 aliphatic heterocycles. The first-order chi connectivity index (χ1) is 14.9. The van der Waals surface area contributed by atoms with Gasteiger partial charge >= 0.3 is 7.82 Å². The van der Waals surface area contributed by atoms with Gasteiger partial charge in [-0.25, -0.2) is 4.57 Å². The van der Waals surface area contributed by atoms with Crippen molar-refractivity contribution in [3.8, 4) is 0 Å². The Labute approximate surface area is 203 Å². The predicted octanol–water partition coefficient (Wildman–Crippen LogP) is 3.47. The lowest BCUT2D eigenvalue weighted by Gasteiger charge is -2.29. The predicted molar refractivity (Wildman–Crippen MR) is 135 cm³/mol. The minimum atomic E-state index is -4.89. The van der Waals surface area contributed by atoms with Crippen molar-refractivity contribution in [2.75, 3.05) is 47.8 Å². The fraction of sp³-hybridized carbons (Fsp3) is 1.00. The second-order valence-electron chi connectivity index (χ2n) is 9.02. The molecule has 0 saturated carbocycles. The van der Waals surface area contributed by atoms with Gasteiger partial charge in [0.25, 0.3) is 7.82 Å². The maximum absolute atomic E-state index is 8.88. The van der Waals surface area contributed by atoms with E-state index in [1.165, 1.54) is 94.7 Å². The fourth-order valence-electron chi connectivity index (χ4n) is 2.67. The van der Waals surface area contributed by atoms with E-state index in [4.69, 9.17) is 38.5 Å². The summed E-state index contributed by atoms with van der Waals surface area (Å²) in [5, 5.41) is 0. The first kappa shape index (κ1) is 40.3. The van der Waals surface area contributed by atoms with Gasteiger partial charge in [0.1, 0.15) is 0 Å². The van der Waals surface area contributed by atoms with E-state index in [0.29, 0.717) is 0 Å². The Morgan fingerprint density at radius 3 is 1.21 bits per heavy atom. The second-order valence-corrected chi connectivity index (χ2v) is 11.0. The molecule has 0 atom stereocenters. The zero-order valence-electron chi connectivity index (χ0n) is 22.1. The van der Waals surface area contributed by atoms with Crippen molar-refractivity contribution in [3.63, 3.8) is 0 Å². The van der Waals surface area contributed by atoms with Crippen LogP contribution < -0.4 is 4.89 Å². The highest BCUT2D eigenvalue weighted by Gasteiger charge is 2.11.